The maximum absolute atomic E-state index is 5.39. The normalized spacial score (nSPS) is 11.5. The third kappa shape index (κ3) is 9.88. The quantitative estimate of drug-likeness (QED) is 0.488. The van der Waals surface area contributed by atoms with E-state index < -0.39 is 0 Å². The second-order valence-corrected chi connectivity index (χ2v) is 3.37. The average molecular weight is 161 g/mol. The molecular formula is C8H21N2O+. The van der Waals surface area contributed by atoms with Gasteiger partial charge in [-0.25, -0.2) is 0 Å². The van der Waals surface area contributed by atoms with Crippen LogP contribution in [0, 0.1) is 0 Å². The zero-order valence-corrected chi connectivity index (χ0v) is 8.18. The Bertz CT molecular complexity index is 74.2. The first-order chi connectivity index (χ1) is 5.13. The minimum Gasteiger partial charge on any atom is -0.374 e. The van der Waals surface area contributed by atoms with E-state index in [4.69, 9.17) is 4.74 Å². The Hall–Kier alpha value is -0.120. The van der Waals surface area contributed by atoms with E-state index in [-0.39, 0.29) is 0 Å². The van der Waals surface area contributed by atoms with Gasteiger partial charge < -0.3 is 14.5 Å². The molecule has 0 aromatic heterocycles. The van der Waals surface area contributed by atoms with Gasteiger partial charge in [-0.1, -0.05) is 0 Å². The van der Waals surface area contributed by atoms with Crippen LogP contribution in [0.1, 0.15) is 0 Å². The molecule has 0 rings (SSSR count). The molecule has 0 bridgehead atoms. The van der Waals surface area contributed by atoms with Gasteiger partial charge in [0.05, 0.1) is 27.3 Å². The van der Waals surface area contributed by atoms with Crippen LogP contribution in [0.15, 0.2) is 0 Å². The fourth-order valence-corrected chi connectivity index (χ4v) is 0.625. The summed E-state index contributed by atoms with van der Waals surface area (Å²) in [4.78, 5) is 3.57. The highest BCUT2D eigenvalue weighted by Crippen LogP contribution is 1.75. The number of hydrogen-bond acceptors (Lipinski definition) is 2. The van der Waals surface area contributed by atoms with Crippen molar-refractivity contribution in [1.29, 1.82) is 0 Å². The molecule has 0 fully saturated rings. The molecule has 0 heterocycles. The van der Waals surface area contributed by atoms with Gasteiger partial charge in [-0.05, 0) is 14.1 Å². The number of rotatable bonds is 6. The number of nitrogens with one attached hydrogen (secondary N) is 1. The Morgan fingerprint density at radius 1 is 1.18 bits per heavy atom. The van der Waals surface area contributed by atoms with Crippen LogP contribution in [0.25, 0.3) is 0 Å². The van der Waals surface area contributed by atoms with Crippen LogP contribution in [0.3, 0.4) is 0 Å². The van der Waals surface area contributed by atoms with Gasteiger partial charge in [0.1, 0.15) is 6.54 Å². The summed E-state index contributed by atoms with van der Waals surface area (Å²) in [5.74, 6) is 0. The molecule has 68 valence electrons. The van der Waals surface area contributed by atoms with Crippen LogP contribution in [0.5, 0.6) is 0 Å². The Kier molecular flexibility index (Phi) is 6.51. The maximum atomic E-state index is 5.39. The second kappa shape index (κ2) is 6.58. The summed E-state index contributed by atoms with van der Waals surface area (Å²) in [6.07, 6.45) is 0. The smallest absolute Gasteiger partial charge is 0.100 e. The van der Waals surface area contributed by atoms with E-state index in [1.165, 1.54) is 4.90 Å². The van der Waals surface area contributed by atoms with Gasteiger partial charge >= 0.3 is 0 Å². The van der Waals surface area contributed by atoms with E-state index in [2.05, 4.69) is 33.1 Å². The fraction of sp³-hybridized carbons (Fsp3) is 1.00. The molecule has 0 saturated carbocycles. The Morgan fingerprint density at radius 2 is 1.82 bits per heavy atom. The first kappa shape index (κ1) is 10.9. The van der Waals surface area contributed by atoms with Crippen molar-refractivity contribution in [2.24, 2.45) is 0 Å². The molecule has 0 amide bonds. The van der Waals surface area contributed by atoms with Crippen molar-refractivity contribution in [2.75, 3.05) is 54.5 Å². The molecule has 0 saturated heterocycles. The third-order valence-corrected chi connectivity index (χ3v) is 1.43. The molecule has 0 radical (unpaired) electrons. The Labute approximate surface area is 69.9 Å². The predicted molar refractivity (Wildman–Crippen MR) is 47.1 cm³/mol. The van der Waals surface area contributed by atoms with Crippen LogP contribution in [-0.2, 0) is 4.74 Å². The fourth-order valence-electron chi connectivity index (χ4n) is 0.625. The van der Waals surface area contributed by atoms with E-state index in [1.54, 1.807) is 0 Å². The zero-order chi connectivity index (χ0) is 8.69. The predicted octanol–water partition coefficient (Wildman–Crippen LogP) is -1.29. The number of nitrogens with zero attached hydrogens (tertiary/aromatic N) is 1. The largest absolute Gasteiger partial charge is 0.374 e. The van der Waals surface area contributed by atoms with Crippen LogP contribution in [0.4, 0.5) is 0 Å². The van der Waals surface area contributed by atoms with E-state index in [0.717, 1.165) is 26.3 Å². The highest BCUT2D eigenvalue weighted by atomic mass is 16.5. The summed E-state index contributed by atoms with van der Waals surface area (Å²) in [6, 6.07) is 0. The third-order valence-electron chi connectivity index (χ3n) is 1.43. The van der Waals surface area contributed by atoms with Crippen molar-refractivity contribution in [3.8, 4) is 0 Å². The number of likely N-dealkylation sites (N-methyl/N-ethyl adjacent to an activating group) is 2. The first-order valence-corrected chi connectivity index (χ1v) is 4.14. The lowest BCUT2D eigenvalue weighted by Gasteiger charge is -2.10. The topological polar surface area (TPSA) is 16.9 Å². The van der Waals surface area contributed by atoms with Crippen molar-refractivity contribution < 1.29 is 9.64 Å². The molecule has 0 aromatic carbocycles. The van der Waals surface area contributed by atoms with Crippen LogP contribution < -0.4 is 4.90 Å². The van der Waals surface area contributed by atoms with Gasteiger partial charge in [-0.3, -0.25) is 0 Å². The Morgan fingerprint density at radius 3 is 2.27 bits per heavy atom. The number of hydrogen-bond donors (Lipinski definition) is 1. The van der Waals surface area contributed by atoms with Crippen molar-refractivity contribution >= 4 is 0 Å². The average Bonchev–Trinajstić information content (AvgIpc) is 1.85. The summed E-state index contributed by atoms with van der Waals surface area (Å²) in [5.41, 5.74) is 0. The van der Waals surface area contributed by atoms with Crippen molar-refractivity contribution in [3.05, 3.63) is 0 Å². The molecule has 0 unspecified atom stereocenters. The summed E-state index contributed by atoms with van der Waals surface area (Å²) in [6.45, 7) is 3.83. The first-order valence-electron chi connectivity index (χ1n) is 4.14. The molecule has 0 spiro atoms. The summed E-state index contributed by atoms with van der Waals surface area (Å²) < 4.78 is 5.39. The second-order valence-electron chi connectivity index (χ2n) is 3.37. The molecule has 3 heteroatoms. The SMILES string of the molecule is CN(C)CCOCC[NH+](C)C. The van der Waals surface area contributed by atoms with Gasteiger partial charge in [0.25, 0.3) is 0 Å². The molecular weight excluding hydrogens is 140 g/mol. The molecule has 1 N–H and O–H groups in total. The van der Waals surface area contributed by atoms with Gasteiger partial charge in [0.2, 0.25) is 0 Å². The van der Waals surface area contributed by atoms with Crippen LogP contribution in [-0.4, -0.2) is 59.4 Å². The lowest BCUT2D eigenvalue weighted by Crippen LogP contribution is -3.06. The van der Waals surface area contributed by atoms with Crippen LogP contribution >= 0.6 is 0 Å². The summed E-state index contributed by atoms with van der Waals surface area (Å²) >= 11 is 0. The van der Waals surface area contributed by atoms with Crippen molar-refractivity contribution in [2.45, 2.75) is 0 Å². The number of ether oxygens (including phenoxy) is 1. The zero-order valence-electron chi connectivity index (χ0n) is 8.18. The minimum absolute atomic E-state index is 0.848. The lowest BCUT2D eigenvalue weighted by atomic mass is 10.6. The lowest BCUT2D eigenvalue weighted by molar-refractivity contribution is -0.858. The molecule has 0 aliphatic heterocycles. The van der Waals surface area contributed by atoms with E-state index >= 15 is 0 Å². The van der Waals surface area contributed by atoms with Crippen molar-refractivity contribution in [1.82, 2.24) is 4.90 Å². The highest BCUT2D eigenvalue weighted by Gasteiger charge is 1.93. The summed E-state index contributed by atoms with van der Waals surface area (Å²) in [7, 11) is 8.38. The standard InChI is InChI=1S/C8H20N2O/c1-9(2)5-7-11-8-6-10(3)4/h5-8H2,1-4H3/p+1. The van der Waals surface area contributed by atoms with Crippen molar-refractivity contribution in [3.63, 3.8) is 0 Å². The molecule has 0 aromatic rings. The van der Waals surface area contributed by atoms with E-state index in [1.807, 2.05) is 0 Å². The Balaban J connectivity index is 2.91. The molecule has 0 aliphatic carbocycles. The highest BCUT2D eigenvalue weighted by molar-refractivity contribution is 4.38. The van der Waals surface area contributed by atoms with Gasteiger partial charge in [-0.2, -0.15) is 0 Å². The maximum Gasteiger partial charge on any atom is 0.100 e. The van der Waals surface area contributed by atoms with Gasteiger partial charge in [0, 0.05) is 6.54 Å². The monoisotopic (exact) mass is 161 g/mol. The van der Waals surface area contributed by atoms with Gasteiger partial charge in [0.15, 0.2) is 0 Å². The molecule has 0 aliphatic rings. The van der Waals surface area contributed by atoms with Gasteiger partial charge in [-0.15, -0.1) is 0 Å². The number of quaternary nitrogens is 1. The molecule has 0 atom stereocenters. The minimum atomic E-state index is 0.848. The van der Waals surface area contributed by atoms with Crippen LogP contribution in [0.2, 0.25) is 0 Å². The van der Waals surface area contributed by atoms with E-state index in [9.17, 15) is 0 Å². The summed E-state index contributed by atoms with van der Waals surface area (Å²) in [5, 5.41) is 0. The molecule has 3 nitrogen and oxygen atoms in total. The molecule has 11 heavy (non-hydrogen) atoms. The van der Waals surface area contributed by atoms with E-state index in [0.29, 0.717) is 0 Å².